The van der Waals surface area contributed by atoms with Crippen LogP contribution in [0.15, 0.2) is 0 Å². The molecule has 4 unspecified atom stereocenters. The van der Waals surface area contributed by atoms with Crippen LogP contribution in [0.25, 0.3) is 0 Å². The van der Waals surface area contributed by atoms with Crippen LogP contribution in [0, 0.1) is 17.8 Å². The molecule has 0 N–H and O–H groups in total. The fourth-order valence-corrected chi connectivity index (χ4v) is 2.71. The summed E-state index contributed by atoms with van der Waals surface area (Å²) in [6.45, 7) is 0. The largest absolute Gasteiger partial charge is 0.454 e. The van der Waals surface area contributed by atoms with Gasteiger partial charge < -0.3 is 4.74 Å². The Labute approximate surface area is 63.7 Å². The standard InChI is InChI=1S/C8H8O3/c9-6-3-1-4-5(2-3)8(10)11-7(4)6/h3-5,7H,1-2H2. The normalized spacial score (nSPS) is 52.0. The van der Waals surface area contributed by atoms with Gasteiger partial charge in [0.1, 0.15) is 0 Å². The summed E-state index contributed by atoms with van der Waals surface area (Å²) in [6.07, 6.45) is 1.32. The molecule has 3 fully saturated rings. The van der Waals surface area contributed by atoms with Gasteiger partial charge in [0.15, 0.2) is 11.9 Å². The first-order chi connectivity index (χ1) is 5.27. The first-order valence-electron chi connectivity index (χ1n) is 4.01. The number of hydrogen-bond acceptors (Lipinski definition) is 3. The molecule has 2 aliphatic carbocycles. The van der Waals surface area contributed by atoms with Gasteiger partial charge in [-0.1, -0.05) is 0 Å². The molecule has 0 aromatic heterocycles. The summed E-state index contributed by atoms with van der Waals surface area (Å²) >= 11 is 0. The highest BCUT2D eigenvalue weighted by molar-refractivity contribution is 5.96. The molecule has 2 saturated carbocycles. The summed E-state index contributed by atoms with van der Waals surface area (Å²) in [7, 11) is 0. The number of esters is 1. The Kier molecular flexibility index (Phi) is 0.780. The van der Waals surface area contributed by atoms with Crippen LogP contribution >= 0.6 is 0 Å². The van der Waals surface area contributed by atoms with E-state index in [9.17, 15) is 9.59 Å². The lowest BCUT2D eigenvalue weighted by molar-refractivity contribution is -0.147. The highest BCUT2D eigenvalue weighted by atomic mass is 16.6. The number of ether oxygens (including phenoxy) is 1. The SMILES string of the molecule is O=C1OC2C(=O)C3CC1C2C3. The van der Waals surface area contributed by atoms with Gasteiger partial charge in [-0.2, -0.15) is 0 Å². The van der Waals surface area contributed by atoms with Crippen molar-refractivity contribution >= 4 is 11.8 Å². The summed E-state index contributed by atoms with van der Waals surface area (Å²) in [5, 5.41) is 0. The first-order valence-corrected chi connectivity index (χ1v) is 4.01. The Morgan fingerprint density at radius 3 is 2.73 bits per heavy atom. The third kappa shape index (κ3) is 0.481. The van der Waals surface area contributed by atoms with Crippen molar-refractivity contribution < 1.29 is 14.3 Å². The van der Waals surface area contributed by atoms with Crippen LogP contribution < -0.4 is 0 Å². The minimum atomic E-state index is -0.341. The van der Waals surface area contributed by atoms with Gasteiger partial charge in [-0.3, -0.25) is 9.59 Å². The zero-order chi connectivity index (χ0) is 7.59. The highest BCUT2D eigenvalue weighted by Gasteiger charge is 2.61. The molecule has 1 heterocycles. The summed E-state index contributed by atoms with van der Waals surface area (Å²) in [5.74, 6) is 0.523. The quantitative estimate of drug-likeness (QED) is 0.463. The molecular weight excluding hydrogens is 144 g/mol. The van der Waals surface area contributed by atoms with Gasteiger partial charge in [0.25, 0.3) is 0 Å². The Morgan fingerprint density at radius 1 is 1.27 bits per heavy atom. The predicted molar refractivity (Wildman–Crippen MR) is 34.6 cm³/mol. The number of hydrogen-bond donors (Lipinski definition) is 0. The van der Waals surface area contributed by atoms with Gasteiger partial charge in [-0.15, -0.1) is 0 Å². The summed E-state index contributed by atoms with van der Waals surface area (Å²) in [5.41, 5.74) is 0. The summed E-state index contributed by atoms with van der Waals surface area (Å²) in [6, 6.07) is 0. The molecule has 0 spiro atoms. The van der Waals surface area contributed by atoms with Crippen molar-refractivity contribution in [2.75, 3.05) is 0 Å². The molecular formula is C8H8O3. The molecule has 0 aromatic rings. The molecule has 0 radical (unpaired) electrons. The second-order valence-electron chi connectivity index (χ2n) is 3.70. The van der Waals surface area contributed by atoms with E-state index in [1.165, 1.54) is 0 Å². The van der Waals surface area contributed by atoms with Crippen LogP contribution in [-0.2, 0) is 14.3 Å². The molecule has 3 nitrogen and oxygen atoms in total. The van der Waals surface area contributed by atoms with Gasteiger partial charge in [0, 0.05) is 11.8 Å². The Hall–Kier alpha value is -0.860. The maximum absolute atomic E-state index is 11.3. The third-order valence-electron chi connectivity index (χ3n) is 3.23. The van der Waals surface area contributed by atoms with E-state index in [1.54, 1.807) is 0 Å². The second-order valence-corrected chi connectivity index (χ2v) is 3.70. The molecule has 1 saturated heterocycles. The van der Waals surface area contributed by atoms with Gasteiger partial charge in [0.05, 0.1) is 5.92 Å². The average molecular weight is 152 g/mol. The number of Topliss-reactive ketones (excluding diaryl/α,β-unsaturated/α-hetero) is 1. The van der Waals surface area contributed by atoms with E-state index >= 15 is 0 Å². The molecule has 2 bridgehead atoms. The molecule has 11 heavy (non-hydrogen) atoms. The first kappa shape index (κ1) is 5.75. The van der Waals surface area contributed by atoms with E-state index in [0.717, 1.165) is 12.8 Å². The van der Waals surface area contributed by atoms with Gasteiger partial charge >= 0.3 is 5.97 Å². The van der Waals surface area contributed by atoms with Crippen molar-refractivity contribution in [1.82, 2.24) is 0 Å². The molecule has 0 aromatic carbocycles. The molecule has 3 rings (SSSR count). The maximum Gasteiger partial charge on any atom is 0.310 e. The molecule has 58 valence electrons. The zero-order valence-electron chi connectivity index (χ0n) is 5.95. The van der Waals surface area contributed by atoms with Crippen molar-refractivity contribution in [3.8, 4) is 0 Å². The molecule has 4 atom stereocenters. The lowest BCUT2D eigenvalue weighted by Gasteiger charge is -2.10. The van der Waals surface area contributed by atoms with Crippen molar-refractivity contribution in [2.45, 2.75) is 18.9 Å². The zero-order valence-corrected chi connectivity index (χ0v) is 5.95. The lowest BCUT2D eigenvalue weighted by atomic mass is 9.89. The Bertz CT molecular complexity index is 258. The van der Waals surface area contributed by atoms with Crippen LogP contribution in [0.2, 0.25) is 0 Å². The van der Waals surface area contributed by atoms with E-state index in [1.807, 2.05) is 0 Å². The minimum absolute atomic E-state index is 0.0719. The van der Waals surface area contributed by atoms with Crippen LogP contribution in [-0.4, -0.2) is 17.9 Å². The molecule has 1 aliphatic heterocycles. The fraction of sp³-hybridized carbons (Fsp3) is 0.750. The second kappa shape index (κ2) is 1.49. The van der Waals surface area contributed by atoms with Crippen molar-refractivity contribution in [2.24, 2.45) is 17.8 Å². The lowest BCUT2D eigenvalue weighted by Crippen LogP contribution is -2.26. The third-order valence-corrected chi connectivity index (χ3v) is 3.23. The Morgan fingerprint density at radius 2 is 2.09 bits per heavy atom. The van der Waals surface area contributed by atoms with Crippen LogP contribution in [0.5, 0.6) is 0 Å². The number of rotatable bonds is 0. The van der Waals surface area contributed by atoms with Gasteiger partial charge in [0.2, 0.25) is 0 Å². The topological polar surface area (TPSA) is 43.4 Å². The number of carbonyl (C=O) groups is 2. The molecule has 0 amide bonds. The average Bonchev–Trinajstić information content (AvgIpc) is 2.53. The van der Waals surface area contributed by atoms with E-state index in [-0.39, 0.29) is 35.6 Å². The maximum atomic E-state index is 11.3. The van der Waals surface area contributed by atoms with Gasteiger partial charge in [-0.25, -0.2) is 0 Å². The monoisotopic (exact) mass is 152 g/mol. The number of carbonyl (C=O) groups excluding carboxylic acids is 2. The van der Waals surface area contributed by atoms with Crippen LogP contribution in [0.4, 0.5) is 0 Å². The Balaban J connectivity index is 2.10. The highest BCUT2D eigenvalue weighted by Crippen LogP contribution is 2.52. The van der Waals surface area contributed by atoms with Crippen LogP contribution in [0.1, 0.15) is 12.8 Å². The minimum Gasteiger partial charge on any atom is -0.454 e. The van der Waals surface area contributed by atoms with Gasteiger partial charge in [-0.05, 0) is 12.8 Å². The summed E-state index contributed by atoms with van der Waals surface area (Å²) in [4.78, 5) is 22.4. The van der Waals surface area contributed by atoms with E-state index < -0.39 is 0 Å². The fourth-order valence-electron chi connectivity index (χ4n) is 2.71. The smallest absolute Gasteiger partial charge is 0.310 e. The van der Waals surface area contributed by atoms with Crippen molar-refractivity contribution in [3.05, 3.63) is 0 Å². The number of fused-ring (bicyclic) bond motifs is 1. The van der Waals surface area contributed by atoms with E-state index in [0.29, 0.717) is 0 Å². The van der Waals surface area contributed by atoms with E-state index in [2.05, 4.69) is 0 Å². The molecule has 3 aliphatic rings. The van der Waals surface area contributed by atoms with Crippen molar-refractivity contribution in [1.29, 1.82) is 0 Å². The predicted octanol–water partition coefficient (Wildman–Crippen LogP) is 0.137. The van der Waals surface area contributed by atoms with E-state index in [4.69, 9.17) is 4.74 Å². The van der Waals surface area contributed by atoms with Crippen LogP contribution in [0.3, 0.4) is 0 Å². The number of ketones is 1. The molecule has 3 heteroatoms. The van der Waals surface area contributed by atoms with Crippen molar-refractivity contribution in [3.63, 3.8) is 0 Å². The summed E-state index contributed by atoms with van der Waals surface area (Å²) < 4.78 is 4.96.